The number of benzene rings is 1. The van der Waals surface area contributed by atoms with Crippen LogP contribution >= 0.6 is 0 Å². The lowest BCUT2D eigenvalue weighted by Gasteiger charge is -2.02. The fourth-order valence-corrected chi connectivity index (χ4v) is 1.48. The van der Waals surface area contributed by atoms with Crippen molar-refractivity contribution < 1.29 is 14.3 Å². The molecule has 2 rings (SSSR count). The van der Waals surface area contributed by atoms with Gasteiger partial charge in [0.2, 0.25) is 0 Å². The Morgan fingerprint density at radius 1 is 1.18 bits per heavy atom. The summed E-state index contributed by atoms with van der Waals surface area (Å²) >= 11 is 0. The van der Waals surface area contributed by atoms with Crippen molar-refractivity contribution in [3.8, 4) is 5.75 Å². The lowest BCUT2D eigenvalue weighted by Crippen LogP contribution is -2.22. The molecule has 3 amide bonds. The van der Waals surface area contributed by atoms with E-state index >= 15 is 0 Å². The highest BCUT2D eigenvalue weighted by molar-refractivity contribution is 6.13. The lowest BCUT2D eigenvalue weighted by atomic mass is 10.2. The van der Waals surface area contributed by atoms with E-state index in [4.69, 9.17) is 4.74 Å². The molecule has 0 saturated carbocycles. The standard InChI is InChI=1S/C12H12N2O3/c1-2-17-9-5-3-8(4-6-9)7-10-11(15)14-12(16)13-10/h3-7H,2H2,1H3,(H2,13,14,15,16)/b10-7+. The molecule has 0 aliphatic carbocycles. The van der Waals surface area contributed by atoms with E-state index in [1.807, 2.05) is 31.2 Å². The summed E-state index contributed by atoms with van der Waals surface area (Å²) in [4.78, 5) is 22.2. The average molecular weight is 232 g/mol. The zero-order valence-corrected chi connectivity index (χ0v) is 9.32. The van der Waals surface area contributed by atoms with Gasteiger partial charge >= 0.3 is 6.03 Å². The molecule has 0 spiro atoms. The fourth-order valence-electron chi connectivity index (χ4n) is 1.48. The van der Waals surface area contributed by atoms with Gasteiger partial charge in [-0.25, -0.2) is 4.79 Å². The minimum absolute atomic E-state index is 0.249. The third-order valence-corrected chi connectivity index (χ3v) is 2.22. The summed E-state index contributed by atoms with van der Waals surface area (Å²) in [6, 6.07) is 6.76. The Kier molecular flexibility index (Phi) is 3.09. The number of amides is 3. The zero-order valence-electron chi connectivity index (χ0n) is 9.32. The van der Waals surface area contributed by atoms with E-state index in [-0.39, 0.29) is 5.70 Å². The molecule has 1 fully saturated rings. The molecule has 2 N–H and O–H groups in total. The quantitative estimate of drug-likeness (QED) is 0.609. The molecular weight excluding hydrogens is 220 g/mol. The van der Waals surface area contributed by atoms with E-state index < -0.39 is 11.9 Å². The Balaban J connectivity index is 2.16. The van der Waals surface area contributed by atoms with E-state index in [9.17, 15) is 9.59 Å². The summed E-state index contributed by atoms with van der Waals surface area (Å²) in [5, 5.41) is 4.56. The van der Waals surface area contributed by atoms with Crippen LogP contribution < -0.4 is 15.4 Å². The van der Waals surface area contributed by atoms with Gasteiger partial charge in [0, 0.05) is 0 Å². The Labute approximate surface area is 98.5 Å². The van der Waals surface area contributed by atoms with E-state index in [0.717, 1.165) is 11.3 Å². The summed E-state index contributed by atoms with van der Waals surface area (Å²) < 4.78 is 5.30. The molecule has 0 atom stereocenters. The molecular formula is C12H12N2O3. The first-order chi connectivity index (χ1) is 8.19. The predicted octanol–water partition coefficient (Wildman–Crippen LogP) is 1.27. The topological polar surface area (TPSA) is 67.4 Å². The van der Waals surface area contributed by atoms with E-state index in [1.165, 1.54) is 0 Å². The molecule has 1 aliphatic heterocycles. The van der Waals surface area contributed by atoms with Crippen LogP contribution in [0.5, 0.6) is 5.75 Å². The van der Waals surface area contributed by atoms with Gasteiger partial charge in [0.05, 0.1) is 6.61 Å². The van der Waals surface area contributed by atoms with Crippen molar-refractivity contribution in [1.29, 1.82) is 0 Å². The Morgan fingerprint density at radius 3 is 2.41 bits per heavy atom. The molecule has 1 aromatic carbocycles. The van der Waals surface area contributed by atoms with Gasteiger partial charge in [-0.2, -0.15) is 0 Å². The van der Waals surface area contributed by atoms with Crippen molar-refractivity contribution in [1.82, 2.24) is 10.6 Å². The monoisotopic (exact) mass is 232 g/mol. The minimum Gasteiger partial charge on any atom is -0.494 e. The maximum atomic E-state index is 11.3. The highest BCUT2D eigenvalue weighted by Gasteiger charge is 2.22. The van der Waals surface area contributed by atoms with Crippen LogP contribution in [0, 0.1) is 0 Å². The zero-order chi connectivity index (χ0) is 12.3. The smallest absolute Gasteiger partial charge is 0.326 e. The second kappa shape index (κ2) is 4.69. The fraction of sp³-hybridized carbons (Fsp3) is 0.167. The third-order valence-electron chi connectivity index (χ3n) is 2.22. The van der Waals surface area contributed by atoms with Crippen molar-refractivity contribution in [2.24, 2.45) is 0 Å². The number of carbonyl (C=O) groups is 2. The van der Waals surface area contributed by atoms with Crippen LogP contribution in [-0.2, 0) is 4.79 Å². The maximum absolute atomic E-state index is 11.3. The molecule has 0 radical (unpaired) electrons. The number of rotatable bonds is 3. The lowest BCUT2D eigenvalue weighted by molar-refractivity contribution is -0.115. The van der Waals surface area contributed by atoms with Gasteiger partial charge in [0.25, 0.3) is 5.91 Å². The predicted molar refractivity (Wildman–Crippen MR) is 62.3 cm³/mol. The summed E-state index contributed by atoms with van der Waals surface area (Å²) in [6.45, 7) is 2.52. The molecule has 5 heteroatoms. The Hall–Kier alpha value is -2.30. The number of hydrogen-bond acceptors (Lipinski definition) is 3. The summed E-state index contributed by atoms with van der Waals surface area (Å²) in [7, 11) is 0. The van der Waals surface area contributed by atoms with Gasteiger partial charge in [-0.3, -0.25) is 10.1 Å². The first kappa shape index (κ1) is 11.2. The molecule has 88 valence electrons. The van der Waals surface area contributed by atoms with Crippen molar-refractivity contribution >= 4 is 18.0 Å². The SMILES string of the molecule is CCOc1ccc(/C=C2/NC(=O)NC2=O)cc1. The van der Waals surface area contributed by atoms with Gasteiger partial charge in [-0.15, -0.1) is 0 Å². The second-order valence-corrected chi connectivity index (χ2v) is 3.47. The van der Waals surface area contributed by atoms with Crippen molar-refractivity contribution in [2.45, 2.75) is 6.92 Å². The molecule has 0 bridgehead atoms. The molecule has 1 aromatic rings. The van der Waals surface area contributed by atoms with Crippen LogP contribution in [0.25, 0.3) is 6.08 Å². The molecule has 0 unspecified atom stereocenters. The molecule has 1 aliphatic rings. The second-order valence-electron chi connectivity index (χ2n) is 3.47. The average Bonchev–Trinajstić information content (AvgIpc) is 2.61. The third kappa shape index (κ3) is 2.63. The van der Waals surface area contributed by atoms with Gasteiger partial charge in [-0.05, 0) is 30.7 Å². The molecule has 5 nitrogen and oxygen atoms in total. The van der Waals surface area contributed by atoms with Gasteiger partial charge in [0.15, 0.2) is 0 Å². The highest BCUT2D eigenvalue weighted by Crippen LogP contribution is 2.14. The van der Waals surface area contributed by atoms with Crippen LogP contribution in [0.4, 0.5) is 4.79 Å². The number of urea groups is 1. The summed E-state index contributed by atoms with van der Waals surface area (Å²) in [5.74, 6) is 0.360. The van der Waals surface area contributed by atoms with Gasteiger partial charge in [-0.1, -0.05) is 12.1 Å². The first-order valence-corrected chi connectivity index (χ1v) is 5.26. The molecule has 1 heterocycles. The van der Waals surface area contributed by atoms with Crippen molar-refractivity contribution in [3.05, 3.63) is 35.5 Å². The summed E-state index contributed by atoms with van der Waals surface area (Å²) in [5.41, 5.74) is 1.07. The van der Waals surface area contributed by atoms with Crippen LogP contribution in [0.15, 0.2) is 30.0 Å². The van der Waals surface area contributed by atoms with Gasteiger partial charge in [0.1, 0.15) is 11.4 Å². The van der Waals surface area contributed by atoms with E-state index in [1.54, 1.807) is 6.08 Å². The van der Waals surface area contributed by atoms with Crippen LogP contribution in [0.1, 0.15) is 12.5 Å². The Bertz CT molecular complexity index is 477. The first-order valence-electron chi connectivity index (χ1n) is 5.26. The van der Waals surface area contributed by atoms with Crippen molar-refractivity contribution in [2.75, 3.05) is 6.61 Å². The number of nitrogens with one attached hydrogen (secondary N) is 2. The molecule has 1 saturated heterocycles. The summed E-state index contributed by atoms with van der Waals surface area (Å²) in [6.07, 6.45) is 1.61. The number of carbonyl (C=O) groups excluding carboxylic acids is 2. The number of imide groups is 1. The normalized spacial score (nSPS) is 16.9. The van der Waals surface area contributed by atoms with Crippen molar-refractivity contribution in [3.63, 3.8) is 0 Å². The number of ether oxygens (including phenoxy) is 1. The molecule has 0 aromatic heterocycles. The van der Waals surface area contributed by atoms with E-state index in [2.05, 4.69) is 10.6 Å². The minimum atomic E-state index is -0.493. The Morgan fingerprint density at radius 2 is 1.88 bits per heavy atom. The van der Waals surface area contributed by atoms with Crippen LogP contribution in [0.3, 0.4) is 0 Å². The maximum Gasteiger partial charge on any atom is 0.326 e. The largest absolute Gasteiger partial charge is 0.494 e. The number of hydrogen-bond donors (Lipinski definition) is 2. The molecule has 17 heavy (non-hydrogen) atoms. The van der Waals surface area contributed by atoms with Crippen LogP contribution in [0.2, 0.25) is 0 Å². The highest BCUT2D eigenvalue weighted by atomic mass is 16.5. The van der Waals surface area contributed by atoms with Crippen LogP contribution in [-0.4, -0.2) is 18.5 Å². The van der Waals surface area contributed by atoms with E-state index in [0.29, 0.717) is 6.61 Å². The van der Waals surface area contributed by atoms with Gasteiger partial charge < -0.3 is 10.1 Å².